The molecule has 3 unspecified atom stereocenters. The minimum Gasteiger partial charge on any atom is -0.312 e. The van der Waals surface area contributed by atoms with Crippen LogP contribution in [0.1, 0.15) is 62.6 Å². The average Bonchev–Trinajstić information content (AvgIpc) is 3.31. The third-order valence-corrected chi connectivity index (χ3v) is 5.32. The molecule has 21 heavy (non-hydrogen) atoms. The molecule has 0 aromatic heterocycles. The van der Waals surface area contributed by atoms with Crippen LogP contribution in [0.5, 0.6) is 0 Å². The topological polar surface area (TPSA) is 15.3 Å². The summed E-state index contributed by atoms with van der Waals surface area (Å²) in [7, 11) is 2.13. The zero-order valence-electron chi connectivity index (χ0n) is 13.8. The van der Waals surface area contributed by atoms with E-state index < -0.39 is 0 Å². The maximum Gasteiger partial charge on any atom is 0.0478 e. The Morgan fingerprint density at radius 1 is 1.19 bits per heavy atom. The Bertz CT molecular complexity index is 466. The average molecular weight is 286 g/mol. The summed E-state index contributed by atoms with van der Waals surface area (Å²) in [4.78, 5) is 2.78. The van der Waals surface area contributed by atoms with Crippen LogP contribution in [0.4, 0.5) is 0 Å². The van der Waals surface area contributed by atoms with Gasteiger partial charge in [0.15, 0.2) is 0 Å². The van der Waals surface area contributed by atoms with Crippen molar-refractivity contribution in [2.24, 2.45) is 5.92 Å². The number of hydrogen-bond donors (Lipinski definition) is 1. The molecule has 0 saturated heterocycles. The van der Waals surface area contributed by atoms with Crippen LogP contribution in [-0.4, -0.2) is 31.1 Å². The molecule has 1 fully saturated rings. The fourth-order valence-electron chi connectivity index (χ4n) is 4.10. The summed E-state index contributed by atoms with van der Waals surface area (Å²) in [6.45, 7) is 7.27. The van der Waals surface area contributed by atoms with E-state index in [1.165, 1.54) is 44.3 Å². The highest BCUT2D eigenvalue weighted by atomic mass is 15.2. The van der Waals surface area contributed by atoms with Crippen molar-refractivity contribution >= 4 is 0 Å². The second kappa shape index (κ2) is 6.50. The first kappa shape index (κ1) is 15.1. The Kier molecular flexibility index (Phi) is 4.66. The number of nitrogens with zero attached hydrogens (tertiary/aromatic N) is 1. The van der Waals surface area contributed by atoms with Gasteiger partial charge in [0.2, 0.25) is 0 Å². The van der Waals surface area contributed by atoms with Crippen molar-refractivity contribution in [1.29, 1.82) is 0 Å². The number of hydrogen-bond acceptors (Lipinski definition) is 2. The Balaban J connectivity index is 1.86. The summed E-state index contributed by atoms with van der Waals surface area (Å²) in [6, 6.07) is 10.2. The molecule has 2 nitrogen and oxygen atoms in total. The number of nitrogens with one attached hydrogen (secondary N) is 1. The molecule has 2 aliphatic rings. The van der Waals surface area contributed by atoms with Crippen molar-refractivity contribution in [3.05, 3.63) is 35.4 Å². The first-order chi connectivity index (χ1) is 10.2. The van der Waals surface area contributed by atoms with Crippen molar-refractivity contribution < 1.29 is 0 Å². The van der Waals surface area contributed by atoms with Crippen LogP contribution in [-0.2, 0) is 0 Å². The van der Waals surface area contributed by atoms with Gasteiger partial charge in [-0.25, -0.2) is 0 Å². The number of benzene rings is 1. The molecule has 2 aliphatic carbocycles. The van der Waals surface area contributed by atoms with Gasteiger partial charge >= 0.3 is 0 Å². The molecule has 0 bridgehead atoms. The number of likely N-dealkylation sites (N-methyl/N-ethyl adjacent to an activating group) is 1. The fourth-order valence-corrected chi connectivity index (χ4v) is 4.10. The van der Waals surface area contributed by atoms with Crippen molar-refractivity contribution in [2.75, 3.05) is 20.1 Å². The minimum atomic E-state index is 0.489. The summed E-state index contributed by atoms with van der Waals surface area (Å²) >= 11 is 0. The summed E-state index contributed by atoms with van der Waals surface area (Å²) in [5, 5.41) is 3.62. The van der Waals surface area contributed by atoms with Gasteiger partial charge in [-0.2, -0.15) is 0 Å². The Morgan fingerprint density at radius 3 is 2.52 bits per heavy atom. The largest absolute Gasteiger partial charge is 0.312 e. The zero-order chi connectivity index (χ0) is 14.8. The van der Waals surface area contributed by atoms with Crippen LogP contribution in [0.25, 0.3) is 0 Å². The van der Waals surface area contributed by atoms with E-state index in [1.807, 2.05) is 0 Å². The third-order valence-electron chi connectivity index (χ3n) is 5.32. The molecular weight excluding hydrogens is 256 g/mol. The number of fused-ring (bicyclic) bond motifs is 1. The van der Waals surface area contributed by atoms with E-state index in [9.17, 15) is 0 Å². The van der Waals surface area contributed by atoms with Crippen molar-refractivity contribution in [2.45, 2.75) is 57.5 Å². The molecule has 1 N–H and O–H groups in total. The molecule has 0 radical (unpaired) electrons. The van der Waals surface area contributed by atoms with Gasteiger partial charge in [-0.05, 0) is 62.2 Å². The molecule has 3 rings (SSSR count). The highest BCUT2D eigenvalue weighted by molar-refractivity contribution is 5.36. The summed E-state index contributed by atoms with van der Waals surface area (Å²) in [5.74, 6) is 1.65. The van der Waals surface area contributed by atoms with E-state index >= 15 is 0 Å². The summed E-state index contributed by atoms with van der Waals surface area (Å²) < 4.78 is 0. The lowest BCUT2D eigenvalue weighted by Gasteiger charge is -2.43. The van der Waals surface area contributed by atoms with Crippen LogP contribution in [0.15, 0.2) is 24.3 Å². The lowest BCUT2D eigenvalue weighted by Crippen LogP contribution is -2.48. The molecule has 3 atom stereocenters. The second-order valence-corrected chi connectivity index (χ2v) is 7.04. The fraction of sp³-hybridized carbons (Fsp3) is 0.684. The van der Waals surface area contributed by atoms with Gasteiger partial charge in [-0.3, -0.25) is 4.90 Å². The normalized spacial score (nSPS) is 28.7. The van der Waals surface area contributed by atoms with Gasteiger partial charge in [0.25, 0.3) is 0 Å². The maximum absolute atomic E-state index is 3.62. The van der Waals surface area contributed by atoms with E-state index in [0.29, 0.717) is 18.0 Å². The second-order valence-electron chi connectivity index (χ2n) is 7.04. The van der Waals surface area contributed by atoms with Crippen LogP contribution < -0.4 is 5.32 Å². The molecule has 0 heterocycles. The molecule has 2 heteroatoms. The van der Waals surface area contributed by atoms with Crippen LogP contribution in [0, 0.1) is 5.92 Å². The van der Waals surface area contributed by atoms with E-state index in [1.54, 1.807) is 5.56 Å². The predicted octanol–water partition coefficient (Wildman–Crippen LogP) is 3.94. The van der Waals surface area contributed by atoms with Crippen molar-refractivity contribution in [3.8, 4) is 0 Å². The lowest BCUT2D eigenvalue weighted by atomic mass is 9.77. The Labute approximate surface area is 129 Å². The van der Waals surface area contributed by atoms with E-state index in [4.69, 9.17) is 0 Å². The van der Waals surface area contributed by atoms with E-state index in [2.05, 4.69) is 55.4 Å². The van der Waals surface area contributed by atoms with Crippen LogP contribution >= 0.6 is 0 Å². The van der Waals surface area contributed by atoms with Gasteiger partial charge in [0, 0.05) is 18.6 Å². The van der Waals surface area contributed by atoms with Gasteiger partial charge in [0.05, 0.1) is 0 Å². The van der Waals surface area contributed by atoms with Crippen LogP contribution in [0.3, 0.4) is 0 Å². The highest BCUT2D eigenvalue weighted by Crippen LogP contribution is 2.41. The third kappa shape index (κ3) is 3.17. The lowest BCUT2D eigenvalue weighted by molar-refractivity contribution is 0.130. The van der Waals surface area contributed by atoms with Gasteiger partial charge < -0.3 is 5.32 Å². The molecule has 0 amide bonds. The molecule has 0 spiro atoms. The molecule has 0 aliphatic heterocycles. The molecule has 116 valence electrons. The van der Waals surface area contributed by atoms with Gasteiger partial charge in [-0.1, -0.05) is 38.1 Å². The van der Waals surface area contributed by atoms with Crippen LogP contribution in [0.2, 0.25) is 0 Å². The minimum absolute atomic E-state index is 0.489. The SMILES string of the molecule is CCCN(CC1CC1)C1CC(C)c2ccccc2C1NC. The Hall–Kier alpha value is -0.860. The van der Waals surface area contributed by atoms with Gasteiger partial charge in [-0.15, -0.1) is 0 Å². The smallest absolute Gasteiger partial charge is 0.0478 e. The Morgan fingerprint density at radius 2 is 1.90 bits per heavy atom. The number of rotatable bonds is 6. The first-order valence-electron chi connectivity index (χ1n) is 8.74. The maximum atomic E-state index is 3.62. The molecule has 1 aromatic carbocycles. The molecular formula is C19H30N2. The predicted molar refractivity (Wildman–Crippen MR) is 89.7 cm³/mol. The molecule has 1 aromatic rings. The quantitative estimate of drug-likeness (QED) is 0.852. The van der Waals surface area contributed by atoms with E-state index in [-0.39, 0.29) is 0 Å². The van der Waals surface area contributed by atoms with Gasteiger partial charge in [0.1, 0.15) is 0 Å². The summed E-state index contributed by atoms with van der Waals surface area (Å²) in [6.07, 6.45) is 5.44. The zero-order valence-corrected chi connectivity index (χ0v) is 13.8. The monoisotopic (exact) mass is 286 g/mol. The van der Waals surface area contributed by atoms with Crippen molar-refractivity contribution in [1.82, 2.24) is 10.2 Å². The standard InChI is InChI=1S/C19H30N2/c1-4-11-21(13-15-9-10-15)18-12-14(2)16-7-5-6-8-17(16)19(18)20-3/h5-8,14-15,18-20H,4,9-13H2,1-3H3. The molecule has 1 saturated carbocycles. The van der Waals surface area contributed by atoms with E-state index in [0.717, 1.165) is 5.92 Å². The van der Waals surface area contributed by atoms with Crippen molar-refractivity contribution in [3.63, 3.8) is 0 Å². The highest BCUT2D eigenvalue weighted by Gasteiger charge is 2.37. The first-order valence-corrected chi connectivity index (χ1v) is 8.74. The summed E-state index contributed by atoms with van der Waals surface area (Å²) in [5.41, 5.74) is 3.08.